The summed E-state index contributed by atoms with van der Waals surface area (Å²) in [7, 11) is 0. The van der Waals surface area contributed by atoms with Crippen molar-refractivity contribution in [2.75, 3.05) is 0 Å². The Labute approximate surface area is 150 Å². The summed E-state index contributed by atoms with van der Waals surface area (Å²) in [5, 5.41) is 0. The van der Waals surface area contributed by atoms with Crippen LogP contribution in [0.5, 0.6) is 0 Å². The summed E-state index contributed by atoms with van der Waals surface area (Å²) < 4.78 is 0. The van der Waals surface area contributed by atoms with Crippen LogP contribution in [-0.4, -0.2) is 0 Å². The van der Waals surface area contributed by atoms with Crippen molar-refractivity contribution >= 4 is 0 Å². The quantitative estimate of drug-likeness (QED) is 0.350. The summed E-state index contributed by atoms with van der Waals surface area (Å²) in [6.45, 7) is 5.54. The van der Waals surface area contributed by atoms with Crippen LogP contribution >= 0.6 is 0 Å². The Balaban J connectivity index is -0.00000000300. The third-order valence-electron chi connectivity index (χ3n) is 0.289. The molecule has 0 bridgehead atoms. The van der Waals surface area contributed by atoms with E-state index in [1.165, 1.54) is 0 Å². The van der Waals surface area contributed by atoms with E-state index in [1.54, 1.807) is 0 Å². The average molecular weight is 1160 g/mol. The molecular formula is C4H8W6-2. The summed E-state index contributed by atoms with van der Waals surface area (Å²) in [6, 6.07) is 0. The zero-order chi connectivity index (χ0) is 3.41. The molecule has 0 fully saturated rings. The van der Waals surface area contributed by atoms with Crippen molar-refractivity contribution in [1.29, 1.82) is 0 Å². The van der Waals surface area contributed by atoms with E-state index in [-0.39, 0.29) is 126 Å². The minimum atomic E-state index is 0. The molecule has 0 rings (SSSR count). The van der Waals surface area contributed by atoms with E-state index >= 15 is 0 Å². The van der Waals surface area contributed by atoms with Gasteiger partial charge in [0.15, 0.2) is 0 Å². The van der Waals surface area contributed by atoms with Gasteiger partial charge in [-0.15, -0.1) is 0 Å². The van der Waals surface area contributed by atoms with E-state index in [0.29, 0.717) is 0 Å². The van der Waals surface area contributed by atoms with Crippen LogP contribution in [0.2, 0.25) is 0 Å². The van der Waals surface area contributed by atoms with Gasteiger partial charge in [0.25, 0.3) is 0 Å². The predicted molar refractivity (Wildman–Crippen MR) is 19.9 cm³/mol. The van der Waals surface area contributed by atoms with Crippen LogP contribution in [0.15, 0.2) is 0 Å². The van der Waals surface area contributed by atoms with Gasteiger partial charge in [-0.05, 0) is 0 Å². The molecule has 0 aromatic rings. The van der Waals surface area contributed by atoms with E-state index in [1.807, 2.05) is 13.3 Å². The molecule has 0 spiro atoms. The number of hydrogen-bond acceptors (Lipinski definition) is 0. The Morgan fingerprint density at radius 1 is 0.900 bits per heavy atom. The van der Waals surface area contributed by atoms with Crippen molar-refractivity contribution in [3.63, 3.8) is 0 Å². The molecule has 0 unspecified atom stereocenters. The second-order valence-electron chi connectivity index (χ2n) is 0.697. The molecule has 0 N–H and O–H groups in total. The molecule has 0 saturated carbocycles. The normalized spacial score (nSPS) is 3.00. The van der Waals surface area contributed by atoms with E-state index in [0.717, 1.165) is 6.42 Å². The SMILES string of the molecule is [CH2-]C[CH-]C.[W].[W].[W].[W].[W].[W]. The zero-order valence-corrected chi connectivity index (χ0v) is 23.0. The van der Waals surface area contributed by atoms with Crippen LogP contribution in [0.25, 0.3) is 0 Å². The largest absolute Gasteiger partial charge is 0.372 e. The first-order chi connectivity index (χ1) is 1.91. The van der Waals surface area contributed by atoms with Crippen LogP contribution in [0.1, 0.15) is 13.3 Å². The monoisotopic (exact) mass is 1160 g/mol. The molecule has 0 aliphatic carbocycles. The minimum Gasteiger partial charge on any atom is -0.372 e. The van der Waals surface area contributed by atoms with E-state index in [9.17, 15) is 0 Å². The fourth-order valence-corrected chi connectivity index (χ4v) is 0. The van der Waals surface area contributed by atoms with Crippen LogP contribution in [-0.2, 0) is 126 Å². The van der Waals surface area contributed by atoms with Gasteiger partial charge in [-0.25, -0.2) is 0 Å². The smallest absolute Gasteiger partial charge is 0 e. The first-order valence-electron chi connectivity index (χ1n) is 1.49. The molecule has 10 heavy (non-hydrogen) atoms. The van der Waals surface area contributed by atoms with Gasteiger partial charge in [0, 0.05) is 126 Å². The van der Waals surface area contributed by atoms with Gasteiger partial charge in [-0.2, -0.15) is 6.92 Å². The Bertz CT molecular complexity index is 11.7. The fraction of sp³-hybridized carbons (Fsp3) is 0.500. The molecule has 0 saturated heterocycles. The summed E-state index contributed by atoms with van der Waals surface area (Å²) in [5.41, 5.74) is 0. The van der Waals surface area contributed by atoms with Gasteiger partial charge in [0.2, 0.25) is 0 Å². The standard InChI is InChI=1S/C4H8.6W/c1-3-4-2;;;;;;/h4H,1,3H2,2H3;;;;;;/q-2;;;;;;. The van der Waals surface area contributed by atoms with Crippen LogP contribution < -0.4 is 0 Å². The molecule has 6 heteroatoms. The van der Waals surface area contributed by atoms with Gasteiger partial charge in [-0.1, -0.05) is 0 Å². The molecule has 0 aliphatic rings. The van der Waals surface area contributed by atoms with Gasteiger partial charge in [0.1, 0.15) is 0 Å². The van der Waals surface area contributed by atoms with Gasteiger partial charge in [0.05, 0.1) is 0 Å². The molecule has 62 valence electrons. The maximum absolute atomic E-state index is 3.55. The maximum atomic E-state index is 3.55. The summed E-state index contributed by atoms with van der Waals surface area (Å²) in [5.74, 6) is 0. The summed E-state index contributed by atoms with van der Waals surface area (Å²) >= 11 is 0. The van der Waals surface area contributed by atoms with Crippen LogP contribution in [0.4, 0.5) is 0 Å². The number of unbranched alkanes of at least 4 members (excludes halogenated alkanes) is 1. The fourth-order valence-electron chi connectivity index (χ4n) is 0. The van der Waals surface area contributed by atoms with Crippen molar-refractivity contribution in [2.24, 2.45) is 0 Å². The Hall–Kier alpha value is 4.13. The molecule has 0 heterocycles. The van der Waals surface area contributed by atoms with Crippen LogP contribution in [0.3, 0.4) is 0 Å². The van der Waals surface area contributed by atoms with Gasteiger partial charge in [-0.3, -0.25) is 0 Å². The molecule has 0 radical (unpaired) electrons. The number of rotatable bonds is 1. The molecule has 0 aromatic carbocycles. The second kappa shape index (κ2) is 51.4. The Morgan fingerprint density at radius 3 is 1.00 bits per heavy atom. The van der Waals surface area contributed by atoms with Crippen LogP contribution in [0, 0.1) is 13.3 Å². The predicted octanol–water partition coefficient (Wildman–Crippen LogP) is 1.42. The molecule has 0 aromatic heterocycles. The van der Waals surface area contributed by atoms with Crippen molar-refractivity contribution < 1.29 is 126 Å². The second-order valence-corrected chi connectivity index (χ2v) is 0.697. The van der Waals surface area contributed by atoms with E-state index in [2.05, 4.69) is 6.92 Å². The van der Waals surface area contributed by atoms with Gasteiger partial charge < -0.3 is 19.8 Å². The first kappa shape index (κ1) is 47.9. The third kappa shape index (κ3) is 57.1. The van der Waals surface area contributed by atoms with E-state index in [4.69, 9.17) is 0 Å². The Morgan fingerprint density at radius 2 is 1.00 bits per heavy atom. The average Bonchev–Trinajstić information content (AvgIpc) is 1.37. The molecule has 0 amide bonds. The zero-order valence-electron chi connectivity index (χ0n) is 5.44. The molecule has 0 atom stereocenters. The molecule has 0 nitrogen and oxygen atoms in total. The van der Waals surface area contributed by atoms with Crippen molar-refractivity contribution in [3.05, 3.63) is 13.3 Å². The van der Waals surface area contributed by atoms with E-state index < -0.39 is 0 Å². The van der Waals surface area contributed by atoms with Crippen molar-refractivity contribution in [2.45, 2.75) is 13.3 Å². The summed E-state index contributed by atoms with van der Waals surface area (Å²) in [4.78, 5) is 0. The first-order valence-corrected chi connectivity index (χ1v) is 1.49. The topological polar surface area (TPSA) is 0 Å². The minimum absolute atomic E-state index is 0. The Kier molecular flexibility index (Phi) is 246. The maximum Gasteiger partial charge on any atom is 0 e. The van der Waals surface area contributed by atoms with Gasteiger partial charge >= 0.3 is 0 Å². The molecular weight excluding hydrogens is 1150 g/mol. The third-order valence-corrected chi connectivity index (χ3v) is 0.289. The molecule has 0 aliphatic heterocycles. The van der Waals surface area contributed by atoms with Crippen molar-refractivity contribution in [1.82, 2.24) is 0 Å². The van der Waals surface area contributed by atoms with Crippen molar-refractivity contribution in [3.8, 4) is 0 Å². The summed E-state index contributed by atoms with van der Waals surface area (Å²) in [6.07, 6.45) is 2.96. The number of hydrogen-bond donors (Lipinski definition) is 0.